The van der Waals surface area contributed by atoms with E-state index in [-0.39, 0.29) is 22.1 Å². The smallest absolute Gasteiger partial charge is 0.338 e. The quantitative estimate of drug-likeness (QED) is 0.303. The molecular formula is C24H44O5Si2. The molecule has 0 amide bonds. The van der Waals surface area contributed by atoms with Crippen LogP contribution in [0, 0.1) is 6.92 Å². The summed E-state index contributed by atoms with van der Waals surface area (Å²) in [6.45, 7) is 25.2. The molecule has 1 aromatic carbocycles. The molecule has 178 valence electrons. The van der Waals surface area contributed by atoms with Crippen LogP contribution in [0.2, 0.25) is 36.3 Å². The molecule has 0 fully saturated rings. The lowest BCUT2D eigenvalue weighted by molar-refractivity contribution is 0.0598. The van der Waals surface area contributed by atoms with E-state index < -0.39 is 16.6 Å². The molecule has 0 saturated carbocycles. The largest absolute Gasteiger partial charge is 0.491 e. The third kappa shape index (κ3) is 7.73. The van der Waals surface area contributed by atoms with E-state index in [0.29, 0.717) is 24.5 Å². The summed E-state index contributed by atoms with van der Waals surface area (Å²) in [5.41, 5.74) is 1.37. The highest BCUT2D eigenvalue weighted by Crippen LogP contribution is 2.39. The molecule has 1 atom stereocenters. The summed E-state index contributed by atoms with van der Waals surface area (Å²) in [7, 11) is -2.51. The van der Waals surface area contributed by atoms with E-state index in [2.05, 4.69) is 67.7 Å². The lowest BCUT2D eigenvalue weighted by Gasteiger charge is -2.41. The zero-order valence-electron chi connectivity index (χ0n) is 21.8. The van der Waals surface area contributed by atoms with Gasteiger partial charge in [-0.3, -0.25) is 0 Å². The number of benzene rings is 1. The zero-order valence-corrected chi connectivity index (χ0v) is 23.8. The van der Waals surface area contributed by atoms with Crippen molar-refractivity contribution in [2.45, 2.75) is 90.8 Å². The number of rotatable bonds is 9. The first kappa shape index (κ1) is 27.9. The number of ether oxygens (including phenoxy) is 2. The third-order valence-corrected chi connectivity index (χ3v) is 15.8. The molecule has 5 nitrogen and oxygen atoms in total. The molecule has 0 heterocycles. The van der Waals surface area contributed by atoms with Crippen LogP contribution in [0.3, 0.4) is 0 Å². The third-order valence-electron chi connectivity index (χ3n) is 6.74. The van der Waals surface area contributed by atoms with Crippen LogP contribution in [0.1, 0.15) is 57.5 Å². The second-order valence-corrected chi connectivity index (χ2v) is 20.9. The molecule has 1 unspecified atom stereocenters. The van der Waals surface area contributed by atoms with Crippen LogP contribution in [0.5, 0.6) is 5.75 Å². The van der Waals surface area contributed by atoms with Gasteiger partial charge in [0.1, 0.15) is 18.5 Å². The monoisotopic (exact) mass is 468 g/mol. The summed E-state index contributed by atoms with van der Waals surface area (Å²) < 4.78 is 24.1. The van der Waals surface area contributed by atoms with Crippen LogP contribution in [-0.4, -0.2) is 49.0 Å². The van der Waals surface area contributed by atoms with Gasteiger partial charge < -0.3 is 18.3 Å². The first-order valence-electron chi connectivity index (χ1n) is 11.0. The molecule has 0 aromatic heterocycles. The van der Waals surface area contributed by atoms with Crippen molar-refractivity contribution in [3.8, 4) is 5.75 Å². The van der Waals surface area contributed by atoms with Gasteiger partial charge in [0.25, 0.3) is 0 Å². The Morgan fingerprint density at radius 3 is 1.94 bits per heavy atom. The van der Waals surface area contributed by atoms with Gasteiger partial charge in [0.05, 0.1) is 19.3 Å². The molecule has 0 aliphatic carbocycles. The zero-order chi connectivity index (χ0) is 24.3. The van der Waals surface area contributed by atoms with Crippen molar-refractivity contribution in [3.05, 3.63) is 29.3 Å². The van der Waals surface area contributed by atoms with E-state index in [0.717, 1.165) is 5.56 Å². The minimum absolute atomic E-state index is 0.0982. The van der Waals surface area contributed by atoms with Crippen molar-refractivity contribution in [1.82, 2.24) is 0 Å². The van der Waals surface area contributed by atoms with Crippen LogP contribution in [0.25, 0.3) is 0 Å². The Kier molecular flexibility index (Phi) is 9.16. The second-order valence-electron chi connectivity index (χ2n) is 11.4. The van der Waals surface area contributed by atoms with Crippen molar-refractivity contribution in [2.75, 3.05) is 20.3 Å². The SMILES string of the molecule is COC(=O)c1ccc(OCC(CO[Si](C)(C)C(C)(C)C)O[Si](C)(C)C(C)(C)C)cc1C. The molecule has 7 heteroatoms. The maximum absolute atomic E-state index is 11.8. The van der Waals surface area contributed by atoms with E-state index in [1.165, 1.54) is 7.11 Å². The summed E-state index contributed by atoms with van der Waals surface area (Å²) in [4.78, 5) is 11.8. The van der Waals surface area contributed by atoms with Crippen LogP contribution >= 0.6 is 0 Å². The van der Waals surface area contributed by atoms with E-state index >= 15 is 0 Å². The van der Waals surface area contributed by atoms with E-state index in [1.807, 2.05) is 13.0 Å². The van der Waals surface area contributed by atoms with Gasteiger partial charge in [0.15, 0.2) is 16.6 Å². The average molecular weight is 469 g/mol. The number of hydrogen-bond donors (Lipinski definition) is 0. The van der Waals surface area contributed by atoms with Crippen LogP contribution in [0.15, 0.2) is 18.2 Å². The highest BCUT2D eigenvalue weighted by atomic mass is 28.4. The summed E-state index contributed by atoms with van der Waals surface area (Å²) in [6, 6.07) is 5.41. The fourth-order valence-corrected chi connectivity index (χ4v) is 4.84. The number of hydrogen-bond acceptors (Lipinski definition) is 5. The number of carbonyl (C=O) groups excluding carboxylic acids is 1. The molecular weight excluding hydrogens is 424 g/mol. The highest BCUT2D eigenvalue weighted by Gasteiger charge is 2.41. The molecule has 0 spiro atoms. The Balaban J connectivity index is 2.99. The summed E-state index contributed by atoms with van der Waals surface area (Å²) in [5.74, 6) is 0.368. The molecule has 0 bridgehead atoms. The summed E-state index contributed by atoms with van der Waals surface area (Å²) in [5, 5.41) is 0.233. The molecule has 0 N–H and O–H groups in total. The fraction of sp³-hybridized carbons (Fsp3) is 0.708. The van der Waals surface area contributed by atoms with Gasteiger partial charge in [-0.15, -0.1) is 0 Å². The van der Waals surface area contributed by atoms with Crippen molar-refractivity contribution in [3.63, 3.8) is 0 Å². The Morgan fingerprint density at radius 1 is 0.935 bits per heavy atom. The average Bonchev–Trinajstić information content (AvgIpc) is 2.61. The predicted molar refractivity (Wildman–Crippen MR) is 133 cm³/mol. The van der Waals surface area contributed by atoms with Gasteiger partial charge in [0, 0.05) is 0 Å². The van der Waals surface area contributed by atoms with E-state index in [9.17, 15) is 4.79 Å². The molecule has 0 aliphatic rings. The van der Waals surface area contributed by atoms with Gasteiger partial charge in [-0.2, -0.15) is 0 Å². The second kappa shape index (κ2) is 10.2. The van der Waals surface area contributed by atoms with Crippen LogP contribution in [-0.2, 0) is 13.6 Å². The van der Waals surface area contributed by atoms with Gasteiger partial charge in [-0.25, -0.2) is 4.79 Å². The van der Waals surface area contributed by atoms with E-state index in [4.69, 9.17) is 18.3 Å². The Hall–Kier alpha value is -1.16. The number of aryl methyl sites for hydroxylation is 1. The maximum Gasteiger partial charge on any atom is 0.338 e. The van der Waals surface area contributed by atoms with Crippen LogP contribution < -0.4 is 4.74 Å². The maximum atomic E-state index is 11.8. The van der Waals surface area contributed by atoms with Crippen molar-refractivity contribution < 1.29 is 23.1 Å². The Bertz CT molecular complexity index is 745. The number of methoxy groups -OCH3 is 1. The molecule has 0 aliphatic heterocycles. The Morgan fingerprint density at radius 2 is 1.48 bits per heavy atom. The first-order chi connectivity index (χ1) is 13.9. The van der Waals surface area contributed by atoms with Crippen molar-refractivity contribution in [1.29, 1.82) is 0 Å². The molecule has 0 radical (unpaired) electrons. The fourth-order valence-electron chi connectivity index (χ4n) is 2.48. The molecule has 0 saturated heterocycles. The van der Waals surface area contributed by atoms with Gasteiger partial charge in [-0.05, 0) is 67.0 Å². The highest BCUT2D eigenvalue weighted by molar-refractivity contribution is 6.74. The van der Waals surface area contributed by atoms with Crippen molar-refractivity contribution >= 4 is 22.6 Å². The molecule has 31 heavy (non-hydrogen) atoms. The summed E-state index contributed by atoms with van der Waals surface area (Å²) in [6.07, 6.45) is -0.157. The van der Waals surface area contributed by atoms with Crippen LogP contribution in [0.4, 0.5) is 0 Å². The van der Waals surface area contributed by atoms with Crippen molar-refractivity contribution in [2.24, 2.45) is 0 Å². The first-order valence-corrected chi connectivity index (χ1v) is 16.9. The van der Waals surface area contributed by atoms with E-state index in [1.54, 1.807) is 12.1 Å². The Labute approximate surface area is 192 Å². The van der Waals surface area contributed by atoms with Gasteiger partial charge in [-0.1, -0.05) is 41.5 Å². The molecule has 1 aromatic rings. The minimum Gasteiger partial charge on any atom is -0.491 e. The molecule has 1 rings (SSSR count). The number of esters is 1. The lowest BCUT2D eigenvalue weighted by atomic mass is 10.1. The summed E-state index contributed by atoms with van der Waals surface area (Å²) >= 11 is 0. The van der Waals surface area contributed by atoms with Gasteiger partial charge in [0.2, 0.25) is 0 Å². The lowest BCUT2D eigenvalue weighted by Crippen LogP contribution is -2.49. The minimum atomic E-state index is -1.99. The normalized spacial score (nSPS) is 14.3. The van der Waals surface area contributed by atoms with Gasteiger partial charge >= 0.3 is 5.97 Å². The standard InChI is InChI=1S/C24H44O5Si2/c1-18-15-19(13-14-21(18)22(25)26-8)27-16-20(29-31(11,12)24(5,6)7)17-28-30(9,10)23(2,3)4/h13-15,20H,16-17H2,1-12H3. The predicted octanol–water partition coefficient (Wildman–Crippen LogP) is 6.57. The topological polar surface area (TPSA) is 54.0 Å². The number of carbonyl (C=O) groups is 1.